The van der Waals surface area contributed by atoms with Crippen LogP contribution >= 0.6 is 38.9 Å². The van der Waals surface area contributed by atoms with Crippen molar-refractivity contribution in [2.75, 3.05) is 12.8 Å². The van der Waals surface area contributed by atoms with E-state index in [9.17, 15) is 4.79 Å². The van der Waals surface area contributed by atoms with E-state index in [1.807, 2.05) is 12.1 Å². The lowest BCUT2D eigenvalue weighted by Gasteiger charge is -1.99. The minimum absolute atomic E-state index is 0.406. The molecule has 0 aliphatic heterocycles. The molecule has 2 rings (SSSR count). The van der Waals surface area contributed by atoms with E-state index in [0.29, 0.717) is 15.6 Å². The molecule has 94 valence electrons. The Labute approximate surface area is 122 Å². The Morgan fingerprint density at radius 3 is 2.72 bits per heavy atom. The Bertz CT molecular complexity index is 592. The summed E-state index contributed by atoms with van der Waals surface area (Å²) in [6, 6.07) is 7.27. The normalized spacial score (nSPS) is 10.4. The molecule has 1 aromatic heterocycles. The van der Waals surface area contributed by atoms with Gasteiger partial charge in [0.05, 0.1) is 12.8 Å². The van der Waals surface area contributed by atoms with Gasteiger partial charge < -0.3 is 10.5 Å². The third kappa shape index (κ3) is 2.68. The number of anilines is 1. The number of ether oxygens (including phenoxy) is 1. The Kier molecular flexibility index (Phi) is 3.94. The highest BCUT2D eigenvalue weighted by Crippen LogP contribution is 2.36. The Morgan fingerprint density at radius 2 is 2.11 bits per heavy atom. The van der Waals surface area contributed by atoms with Gasteiger partial charge in [-0.3, -0.25) is 0 Å². The first-order valence-electron chi connectivity index (χ1n) is 4.95. The maximum atomic E-state index is 11.5. The summed E-state index contributed by atoms with van der Waals surface area (Å²) in [4.78, 5) is 12.8. The molecule has 0 bridgehead atoms. The van der Waals surface area contributed by atoms with Gasteiger partial charge in [0, 0.05) is 14.4 Å². The third-order valence-corrected chi connectivity index (χ3v) is 4.13. The standard InChI is InChI=1S/C12H9BrClNO2S/c1-17-12(16)11-9(15)5-10(18-11)6-2-7(13)4-8(14)3-6/h2-5H,15H2,1H3. The molecule has 3 nitrogen and oxygen atoms in total. The van der Waals surface area contributed by atoms with E-state index in [0.717, 1.165) is 14.9 Å². The third-order valence-electron chi connectivity index (χ3n) is 2.28. The molecule has 0 saturated carbocycles. The van der Waals surface area contributed by atoms with Gasteiger partial charge in [-0.25, -0.2) is 4.79 Å². The molecule has 2 aromatic rings. The molecular weight excluding hydrogens is 338 g/mol. The molecule has 6 heteroatoms. The van der Waals surface area contributed by atoms with Crippen molar-refractivity contribution in [3.05, 3.63) is 38.6 Å². The molecule has 1 heterocycles. The Balaban J connectivity index is 2.48. The molecule has 0 unspecified atom stereocenters. The lowest BCUT2D eigenvalue weighted by atomic mass is 10.2. The van der Waals surface area contributed by atoms with Gasteiger partial charge in [0.1, 0.15) is 4.88 Å². The van der Waals surface area contributed by atoms with Crippen LogP contribution in [0, 0.1) is 0 Å². The number of carbonyl (C=O) groups excluding carboxylic acids is 1. The van der Waals surface area contributed by atoms with Gasteiger partial charge in [-0.1, -0.05) is 27.5 Å². The highest BCUT2D eigenvalue weighted by Gasteiger charge is 2.16. The summed E-state index contributed by atoms with van der Waals surface area (Å²) >= 11 is 10.6. The largest absolute Gasteiger partial charge is 0.465 e. The number of benzene rings is 1. The SMILES string of the molecule is COC(=O)c1sc(-c2cc(Cl)cc(Br)c2)cc1N. The van der Waals surface area contributed by atoms with Crippen molar-refractivity contribution in [1.29, 1.82) is 0 Å². The Hall–Kier alpha value is -1.04. The molecule has 0 fully saturated rings. The maximum absolute atomic E-state index is 11.5. The van der Waals surface area contributed by atoms with E-state index in [4.69, 9.17) is 17.3 Å². The number of halogens is 2. The van der Waals surface area contributed by atoms with Gasteiger partial charge in [0.15, 0.2) is 0 Å². The minimum atomic E-state index is -0.426. The summed E-state index contributed by atoms with van der Waals surface area (Å²) in [5.74, 6) is -0.426. The zero-order chi connectivity index (χ0) is 13.3. The number of esters is 1. The summed E-state index contributed by atoms with van der Waals surface area (Å²) < 4.78 is 5.54. The number of thiophene rings is 1. The van der Waals surface area contributed by atoms with Crippen molar-refractivity contribution in [1.82, 2.24) is 0 Å². The molecule has 0 spiro atoms. The van der Waals surface area contributed by atoms with E-state index in [-0.39, 0.29) is 0 Å². The number of hydrogen-bond donors (Lipinski definition) is 1. The van der Waals surface area contributed by atoms with Gasteiger partial charge in [0.2, 0.25) is 0 Å². The first kappa shape index (κ1) is 13.4. The fraction of sp³-hybridized carbons (Fsp3) is 0.0833. The number of hydrogen-bond acceptors (Lipinski definition) is 4. The number of rotatable bonds is 2. The van der Waals surface area contributed by atoms with Crippen LogP contribution in [0.15, 0.2) is 28.7 Å². The second-order valence-electron chi connectivity index (χ2n) is 3.54. The van der Waals surface area contributed by atoms with Crippen molar-refractivity contribution in [2.24, 2.45) is 0 Å². The van der Waals surface area contributed by atoms with Crippen LogP contribution in [-0.4, -0.2) is 13.1 Å². The lowest BCUT2D eigenvalue weighted by Crippen LogP contribution is -2.00. The van der Waals surface area contributed by atoms with Crippen LogP contribution in [0.4, 0.5) is 5.69 Å². The van der Waals surface area contributed by atoms with Crippen LogP contribution in [0.5, 0.6) is 0 Å². The smallest absolute Gasteiger partial charge is 0.350 e. The quantitative estimate of drug-likeness (QED) is 0.829. The second kappa shape index (κ2) is 5.30. The second-order valence-corrected chi connectivity index (χ2v) is 5.95. The average molecular weight is 347 g/mol. The minimum Gasteiger partial charge on any atom is -0.465 e. The van der Waals surface area contributed by atoms with E-state index in [1.165, 1.54) is 18.4 Å². The number of nitrogens with two attached hydrogens (primary N) is 1. The first-order valence-corrected chi connectivity index (χ1v) is 6.94. The fourth-order valence-electron chi connectivity index (χ4n) is 1.50. The van der Waals surface area contributed by atoms with Crippen LogP contribution in [0.25, 0.3) is 10.4 Å². The molecule has 0 amide bonds. The molecule has 0 atom stereocenters. The lowest BCUT2D eigenvalue weighted by molar-refractivity contribution is 0.0607. The van der Waals surface area contributed by atoms with Gasteiger partial charge in [-0.2, -0.15) is 0 Å². The van der Waals surface area contributed by atoms with Crippen LogP contribution in [-0.2, 0) is 4.74 Å². The zero-order valence-corrected chi connectivity index (χ0v) is 12.5. The van der Waals surface area contributed by atoms with E-state index in [1.54, 1.807) is 12.1 Å². The van der Waals surface area contributed by atoms with E-state index >= 15 is 0 Å². The Morgan fingerprint density at radius 1 is 1.39 bits per heavy atom. The van der Waals surface area contributed by atoms with Gasteiger partial charge >= 0.3 is 5.97 Å². The topological polar surface area (TPSA) is 52.3 Å². The van der Waals surface area contributed by atoms with Crippen molar-refractivity contribution in [2.45, 2.75) is 0 Å². The summed E-state index contributed by atoms with van der Waals surface area (Å²) in [6.07, 6.45) is 0. The zero-order valence-electron chi connectivity index (χ0n) is 9.37. The molecule has 0 aliphatic rings. The molecule has 0 radical (unpaired) electrons. The van der Waals surface area contributed by atoms with Gasteiger partial charge in [-0.05, 0) is 29.8 Å². The summed E-state index contributed by atoms with van der Waals surface area (Å²) in [6.45, 7) is 0. The number of nitrogen functional groups attached to an aromatic ring is 1. The predicted molar refractivity (Wildman–Crippen MR) is 78.2 cm³/mol. The van der Waals surface area contributed by atoms with Crippen molar-refractivity contribution < 1.29 is 9.53 Å². The number of methoxy groups -OCH3 is 1. The summed E-state index contributed by atoms with van der Waals surface area (Å²) in [5, 5.41) is 0.617. The van der Waals surface area contributed by atoms with Crippen LogP contribution in [0.3, 0.4) is 0 Å². The van der Waals surface area contributed by atoms with E-state index < -0.39 is 5.97 Å². The molecular formula is C12H9BrClNO2S. The molecule has 0 aliphatic carbocycles. The van der Waals surface area contributed by atoms with Crippen molar-refractivity contribution in [3.63, 3.8) is 0 Å². The molecule has 0 saturated heterocycles. The van der Waals surface area contributed by atoms with Crippen LogP contribution in [0.1, 0.15) is 9.67 Å². The highest BCUT2D eigenvalue weighted by atomic mass is 79.9. The number of carbonyl (C=O) groups is 1. The fourth-order valence-corrected chi connectivity index (χ4v) is 3.34. The highest BCUT2D eigenvalue weighted by molar-refractivity contribution is 9.10. The average Bonchev–Trinajstić information content (AvgIpc) is 2.69. The van der Waals surface area contributed by atoms with Crippen molar-refractivity contribution in [3.8, 4) is 10.4 Å². The van der Waals surface area contributed by atoms with Crippen molar-refractivity contribution >= 4 is 50.5 Å². The van der Waals surface area contributed by atoms with E-state index in [2.05, 4.69) is 20.7 Å². The predicted octanol–water partition coefficient (Wildman–Crippen LogP) is 4.20. The first-order chi connectivity index (χ1) is 8.51. The van der Waals surface area contributed by atoms with Gasteiger partial charge in [-0.15, -0.1) is 11.3 Å². The van der Waals surface area contributed by atoms with Crippen LogP contribution in [0.2, 0.25) is 5.02 Å². The monoisotopic (exact) mass is 345 g/mol. The molecule has 2 N–H and O–H groups in total. The van der Waals surface area contributed by atoms with Crippen LogP contribution < -0.4 is 5.73 Å². The summed E-state index contributed by atoms with van der Waals surface area (Å²) in [5.41, 5.74) is 7.11. The maximum Gasteiger partial charge on any atom is 0.350 e. The molecule has 18 heavy (non-hydrogen) atoms. The molecule has 1 aromatic carbocycles. The van der Waals surface area contributed by atoms with Gasteiger partial charge in [0.25, 0.3) is 0 Å². The summed E-state index contributed by atoms with van der Waals surface area (Å²) in [7, 11) is 1.33.